The standard InChI is InChI=1S/C59H111NO5/c1-3-5-7-9-11-13-15-16-25-29-33-37-41-45-49-53-59(64)65-54-50-46-42-38-34-30-27-24-22-20-18-17-19-21-23-26-28-32-36-40-44-48-52-58(63)60-56(55-61)57(62)51-47-43-39-35-31-14-12-10-8-6-4-2/h11,13,16,19,21,25,56-57,61-62H,3-10,12,14-15,17-18,20,22-24,26-55H2,1-2H3,(H,60,63)/b13-11-,21-19-,25-16-. The van der Waals surface area contributed by atoms with Crippen LogP contribution in [0.25, 0.3) is 0 Å². The van der Waals surface area contributed by atoms with Gasteiger partial charge >= 0.3 is 5.97 Å². The van der Waals surface area contributed by atoms with E-state index < -0.39 is 12.1 Å². The maximum Gasteiger partial charge on any atom is 0.305 e. The lowest BCUT2D eigenvalue weighted by Gasteiger charge is -2.22. The highest BCUT2D eigenvalue weighted by Gasteiger charge is 2.20. The van der Waals surface area contributed by atoms with Gasteiger partial charge in [0.25, 0.3) is 0 Å². The van der Waals surface area contributed by atoms with Crippen LogP contribution < -0.4 is 5.32 Å². The van der Waals surface area contributed by atoms with E-state index in [-0.39, 0.29) is 18.5 Å². The molecule has 0 aliphatic heterocycles. The first-order chi connectivity index (χ1) is 32.0. The van der Waals surface area contributed by atoms with E-state index in [1.54, 1.807) is 0 Å². The van der Waals surface area contributed by atoms with Crippen molar-refractivity contribution < 1.29 is 24.5 Å². The fraction of sp³-hybridized carbons (Fsp3) is 0.864. The van der Waals surface area contributed by atoms with E-state index in [4.69, 9.17) is 4.74 Å². The summed E-state index contributed by atoms with van der Waals surface area (Å²) in [6.45, 7) is 4.91. The molecule has 0 fully saturated rings. The predicted molar refractivity (Wildman–Crippen MR) is 283 cm³/mol. The molecule has 0 saturated heterocycles. The van der Waals surface area contributed by atoms with Gasteiger partial charge in [-0.1, -0.05) is 243 Å². The summed E-state index contributed by atoms with van der Waals surface area (Å²) in [5, 5.41) is 23.2. The number of allylic oxidation sites excluding steroid dienone is 6. The Balaban J connectivity index is 3.41. The molecule has 0 saturated carbocycles. The van der Waals surface area contributed by atoms with Crippen LogP contribution in [0.15, 0.2) is 36.5 Å². The fourth-order valence-electron chi connectivity index (χ4n) is 8.72. The van der Waals surface area contributed by atoms with E-state index >= 15 is 0 Å². The third-order valence-electron chi connectivity index (χ3n) is 13.2. The minimum absolute atomic E-state index is 0.00438. The normalized spacial score (nSPS) is 12.9. The first-order valence-electron chi connectivity index (χ1n) is 28.7. The van der Waals surface area contributed by atoms with Crippen LogP contribution in [0.5, 0.6) is 0 Å². The first-order valence-corrected chi connectivity index (χ1v) is 28.7. The molecule has 65 heavy (non-hydrogen) atoms. The SMILES string of the molecule is CCCCC/C=C\C/C=C\CCCCCCCC(=O)OCCCCCCCCCCCCC/C=C\CCCCCCCCCC(=O)NC(CO)C(O)CCCCCCCCCCCCC. The number of rotatable bonds is 53. The third-order valence-corrected chi connectivity index (χ3v) is 13.2. The van der Waals surface area contributed by atoms with Crippen LogP contribution in [-0.2, 0) is 14.3 Å². The monoisotopic (exact) mass is 914 g/mol. The van der Waals surface area contributed by atoms with Crippen LogP contribution in [0, 0.1) is 0 Å². The molecule has 0 bridgehead atoms. The Bertz CT molecular complexity index is 1060. The number of aliphatic hydroxyl groups excluding tert-OH is 2. The molecule has 0 rings (SSSR count). The molecule has 0 aliphatic rings. The molecule has 6 nitrogen and oxygen atoms in total. The Kier molecular flexibility index (Phi) is 53.1. The Morgan fingerprint density at radius 1 is 0.431 bits per heavy atom. The number of amides is 1. The zero-order valence-corrected chi connectivity index (χ0v) is 43.5. The van der Waals surface area contributed by atoms with Crippen molar-refractivity contribution in [1.82, 2.24) is 5.32 Å². The molecule has 0 heterocycles. The Hall–Kier alpha value is -1.92. The van der Waals surface area contributed by atoms with Gasteiger partial charge < -0.3 is 20.3 Å². The highest BCUT2D eigenvalue weighted by Crippen LogP contribution is 2.16. The zero-order valence-electron chi connectivity index (χ0n) is 43.5. The Morgan fingerprint density at radius 2 is 0.769 bits per heavy atom. The van der Waals surface area contributed by atoms with Gasteiger partial charge in [-0.25, -0.2) is 0 Å². The van der Waals surface area contributed by atoms with E-state index in [0.717, 1.165) is 51.4 Å². The molecule has 0 aromatic carbocycles. The lowest BCUT2D eigenvalue weighted by Crippen LogP contribution is -2.45. The van der Waals surface area contributed by atoms with E-state index in [2.05, 4.69) is 55.6 Å². The van der Waals surface area contributed by atoms with Crippen LogP contribution in [0.4, 0.5) is 0 Å². The van der Waals surface area contributed by atoms with Gasteiger partial charge in [0.05, 0.1) is 25.4 Å². The summed E-state index contributed by atoms with van der Waals surface area (Å²) in [6, 6.07) is -0.545. The summed E-state index contributed by atoms with van der Waals surface area (Å²) in [5.41, 5.74) is 0. The van der Waals surface area contributed by atoms with Gasteiger partial charge in [-0.05, 0) is 83.5 Å². The smallest absolute Gasteiger partial charge is 0.305 e. The van der Waals surface area contributed by atoms with Crippen molar-refractivity contribution in [3.63, 3.8) is 0 Å². The molecule has 0 radical (unpaired) electrons. The number of unbranched alkanes of at least 4 members (excludes halogenated alkanes) is 36. The lowest BCUT2D eigenvalue weighted by molar-refractivity contribution is -0.143. The molecule has 1 amide bonds. The molecule has 0 spiro atoms. The third kappa shape index (κ3) is 51.3. The van der Waals surface area contributed by atoms with Crippen LogP contribution in [-0.4, -0.2) is 47.4 Å². The van der Waals surface area contributed by atoms with Gasteiger partial charge in [0, 0.05) is 12.8 Å². The second kappa shape index (κ2) is 54.7. The molecule has 0 aromatic heterocycles. The van der Waals surface area contributed by atoms with Crippen LogP contribution in [0.3, 0.4) is 0 Å². The van der Waals surface area contributed by atoms with Gasteiger partial charge in [-0.2, -0.15) is 0 Å². The van der Waals surface area contributed by atoms with Crippen LogP contribution >= 0.6 is 0 Å². The van der Waals surface area contributed by atoms with Crippen molar-refractivity contribution in [2.24, 2.45) is 0 Å². The summed E-state index contributed by atoms with van der Waals surface area (Å²) in [6.07, 6.45) is 67.1. The molecular formula is C59H111NO5. The predicted octanol–water partition coefficient (Wildman–Crippen LogP) is 17.6. The van der Waals surface area contributed by atoms with Crippen molar-refractivity contribution in [3.05, 3.63) is 36.5 Å². The highest BCUT2D eigenvalue weighted by molar-refractivity contribution is 5.76. The highest BCUT2D eigenvalue weighted by atomic mass is 16.5. The van der Waals surface area contributed by atoms with E-state index in [9.17, 15) is 19.8 Å². The largest absolute Gasteiger partial charge is 0.466 e. The van der Waals surface area contributed by atoms with Crippen LogP contribution in [0.1, 0.15) is 303 Å². The van der Waals surface area contributed by atoms with E-state index in [0.29, 0.717) is 25.9 Å². The number of ether oxygens (including phenoxy) is 1. The van der Waals surface area contributed by atoms with Gasteiger partial charge in [-0.3, -0.25) is 9.59 Å². The quantitative estimate of drug-likeness (QED) is 0.0321. The number of nitrogens with one attached hydrogen (secondary N) is 1. The van der Waals surface area contributed by atoms with E-state index in [1.165, 1.54) is 218 Å². The number of carbonyl (C=O) groups is 2. The molecule has 2 atom stereocenters. The Morgan fingerprint density at radius 3 is 1.22 bits per heavy atom. The van der Waals surface area contributed by atoms with Gasteiger partial charge in [0.1, 0.15) is 0 Å². The minimum atomic E-state index is -0.667. The fourth-order valence-corrected chi connectivity index (χ4v) is 8.72. The Labute approximate surface area is 404 Å². The van der Waals surface area contributed by atoms with Crippen molar-refractivity contribution in [3.8, 4) is 0 Å². The second-order valence-corrected chi connectivity index (χ2v) is 19.6. The average molecular weight is 915 g/mol. The average Bonchev–Trinajstić information content (AvgIpc) is 3.31. The summed E-state index contributed by atoms with van der Waals surface area (Å²) in [4.78, 5) is 24.5. The van der Waals surface area contributed by atoms with Gasteiger partial charge in [0.2, 0.25) is 5.91 Å². The first kappa shape index (κ1) is 63.1. The zero-order chi connectivity index (χ0) is 47.2. The maximum absolute atomic E-state index is 12.4. The maximum atomic E-state index is 12.4. The summed E-state index contributed by atoms with van der Waals surface area (Å²) < 4.78 is 5.47. The van der Waals surface area contributed by atoms with Crippen molar-refractivity contribution >= 4 is 11.9 Å². The summed E-state index contributed by atoms with van der Waals surface area (Å²) in [5.74, 6) is -0.0477. The number of hydrogen-bond donors (Lipinski definition) is 3. The molecule has 3 N–H and O–H groups in total. The molecular weight excluding hydrogens is 803 g/mol. The molecule has 6 heteroatoms. The molecule has 0 aliphatic carbocycles. The molecule has 2 unspecified atom stereocenters. The molecule has 0 aromatic rings. The number of carbonyl (C=O) groups excluding carboxylic acids is 2. The van der Waals surface area contributed by atoms with Crippen molar-refractivity contribution in [2.45, 2.75) is 315 Å². The summed E-state index contributed by atoms with van der Waals surface area (Å²) >= 11 is 0. The van der Waals surface area contributed by atoms with Gasteiger partial charge in [-0.15, -0.1) is 0 Å². The molecule has 382 valence electrons. The van der Waals surface area contributed by atoms with Crippen molar-refractivity contribution in [1.29, 1.82) is 0 Å². The van der Waals surface area contributed by atoms with Crippen molar-refractivity contribution in [2.75, 3.05) is 13.2 Å². The second-order valence-electron chi connectivity index (χ2n) is 19.6. The minimum Gasteiger partial charge on any atom is -0.466 e. The van der Waals surface area contributed by atoms with Crippen LogP contribution in [0.2, 0.25) is 0 Å². The lowest BCUT2D eigenvalue weighted by atomic mass is 10.0. The van der Waals surface area contributed by atoms with Gasteiger partial charge in [0.15, 0.2) is 0 Å². The topological polar surface area (TPSA) is 95.9 Å². The summed E-state index contributed by atoms with van der Waals surface area (Å²) in [7, 11) is 0. The number of aliphatic hydroxyl groups is 2. The number of esters is 1. The van der Waals surface area contributed by atoms with E-state index in [1.807, 2.05) is 0 Å². The number of hydrogen-bond acceptors (Lipinski definition) is 5.